The van der Waals surface area contributed by atoms with Crippen molar-refractivity contribution in [3.63, 3.8) is 0 Å². The Morgan fingerprint density at radius 3 is 2.81 bits per heavy atom. The molecule has 0 saturated carbocycles. The van der Waals surface area contributed by atoms with E-state index >= 15 is 0 Å². The minimum atomic E-state index is -3.50. The molecule has 0 fully saturated rings. The van der Waals surface area contributed by atoms with Crippen molar-refractivity contribution in [1.29, 1.82) is 0 Å². The van der Waals surface area contributed by atoms with Crippen LogP contribution in [-0.2, 0) is 22.4 Å². The summed E-state index contributed by atoms with van der Waals surface area (Å²) in [6, 6.07) is 10.9. The molecule has 0 bridgehead atoms. The molecule has 1 aromatic heterocycles. The van der Waals surface area contributed by atoms with Crippen molar-refractivity contribution in [3.8, 4) is 5.75 Å². The van der Waals surface area contributed by atoms with Crippen LogP contribution in [0.3, 0.4) is 0 Å². The number of hydrogen-bond donors (Lipinski definition) is 0. The summed E-state index contributed by atoms with van der Waals surface area (Å²) in [5, 5.41) is 0. The maximum atomic E-state index is 12.7. The molecule has 2 heterocycles. The van der Waals surface area contributed by atoms with Crippen LogP contribution < -0.4 is 4.74 Å². The van der Waals surface area contributed by atoms with E-state index in [1.807, 2.05) is 24.3 Å². The van der Waals surface area contributed by atoms with E-state index < -0.39 is 10.0 Å². The molecule has 0 aliphatic carbocycles. The molecule has 0 radical (unpaired) electrons. The Balaban J connectivity index is 1.92. The fourth-order valence-corrected chi connectivity index (χ4v) is 5.22. The lowest BCUT2D eigenvalue weighted by Crippen LogP contribution is -2.32. The van der Waals surface area contributed by atoms with Gasteiger partial charge in [0.05, 0.1) is 5.88 Å². The van der Waals surface area contributed by atoms with E-state index in [9.17, 15) is 8.42 Å². The highest BCUT2D eigenvalue weighted by Gasteiger charge is 2.28. The van der Waals surface area contributed by atoms with Crippen LogP contribution >= 0.6 is 22.9 Å². The molecular weight excluding hydrogens is 330 g/mol. The van der Waals surface area contributed by atoms with Crippen LogP contribution in [0.1, 0.15) is 10.4 Å². The van der Waals surface area contributed by atoms with Gasteiger partial charge in [-0.3, -0.25) is 0 Å². The van der Waals surface area contributed by atoms with E-state index in [4.69, 9.17) is 16.3 Å². The number of sulfonamides is 1. The van der Waals surface area contributed by atoms with Crippen LogP contribution in [0.15, 0.2) is 40.6 Å². The van der Waals surface area contributed by atoms with Gasteiger partial charge in [-0.25, -0.2) is 8.42 Å². The number of halogens is 1. The van der Waals surface area contributed by atoms with Crippen molar-refractivity contribution in [3.05, 3.63) is 46.8 Å². The molecule has 1 aromatic carbocycles. The zero-order chi connectivity index (χ0) is 14.9. The molecule has 0 N–H and O–H groups in total. The van der Waals surface area contributed by atoms with E-state index in [1.54, 1.807) is 12.1 Å². The molecule has 21 heavy (non-hydrogen) atoms. The highest BCUT2D eigenvalue weighted by Crippen LogP contribution is 2.30. The number of ether oxygens (including phenoxy) is 1. The van der Waals surface area contributed by atoms with Gasteiger partial charge >= 0.3 is 0 Å². The summed E-state index contributed by atoms with van der Waals surface area (Å²) in [7, 11) is -3.50. The summed E-state index contributed by atoms with van der Waals surface area (Å²) in [4.78, 5) is 0.849. The Bertz CT molecular complexity index is 742. The summed E-state index contributed by atoms with van der Waals surface area (Å²) >= 11 is 6.97. The van der Waals surface area contributed by atoms with Crippen LogP contribution in [0.2, 0.25) is 0 Å². The average molecular weight is 344 g/mol. The van der Waals surface area contributed by atoms with Crippen molar-refractivity contribution >= 4 is 33.0 Å². The lowest BCUT2D eigenvalue weighted by Gasteiger charge is -2.18. The second kappa shape index (κ2) is 5.96. The van der Waals surface area contributed by atoms with Crippen molar-refractivity contribution in [2.75, 3.05) is 13.2 Å². The maximum Gasteiger partial charge on any atom is 0.252 e. The predicted octanol–water partition coefficient (Wildman–Crippen LogP) is 3.07. The minimum Gasteiger partial charge on any atom is -0.492 e. The van der Waals surface area contributed by atoms with Gasteiger partial charge in [0.15, 0.2) is 0 Å². The molecule has 3 rings (SSSR count). The first-order valence-corrected chi connectivity index (χ1v) is 9.26. The molecule has 0 amide bonds. The molecule has 0 spiro atoms. The Hall–Kier alpha value is -1.08. The standard InChI is InChI=1S/C14H14ClNO3S2/c15-9-12-5-6-14(20-12)21(17,18)16-7-8-19-13-4-2-1-3-11(13)10-16/h1-6H,7-10H2. The van der Waals surface area contributed by atoms with E-state index in [2.05, 4.69) is 0 Å². The highest BCUT2D eigenvalue weighted by molar-refractivity contribution is 7.91. The summed E-state index contributed by atoms with van der Waals surface area (Å²) in [5.74, 6) is 1.08. The normalized spacial score (nSPS) is 16.0. The van der Waals surface area contributed by atoms with Gasteiger partial charge in [-0.2, -0.15) is 4.31 Å². The van der Waals surface area contributed by atoms with Gasteiger partial charge in [-0.15, -0.1) is 22.9 Å². The molecule has 1 aliphatic rings. The largest absolute Gasteiger partial charge is 0.492 e. The third kappa shape index (κ3) is 2.94. The molecule has 0 saturated heterocycles. The molecular formula is C14H14ClNO3S2. The summed E-state index contributed by atoms with van der Waals surface area (Å²) < 4.78 is 32.8. The second-order valence-electron chi connectivity index (χ2n) is 4.65. The SMILES string of the molecule is O=S(=O)(c1ccc(CCl)s1)N1CCOc2ccccc2C1. The van der Waals surface area contributed by atoms with E-state index in [-0.39, 0.29) is 0 Å². The quantitative estimate of drug-likeness (QED) is 0.805. The molecule has 4 nitrogen and oxygen atoms in total. The first-order valence-electron chi connectivity index (χ1n) is 6.47. The van der Waals surface area contributed by atoms with Gasteiger partial charge in [0.25, 0.3) is 10.0 Å². The van der Waals surface area contributed by atoms with Crippen LogP contribution in [0.25, 0.3) is 0 Å². The summed E-state index contributed by atoms with van der Waals surface area (Å²) in [6.45, 7) is 1.02. The maximum absolute atomic E-state index is 12.7. The monoisotopic (exact) mass is 343 g/mol. The number of nitrogens with zero attached hydrogens (tertiary/aromatic N) is 1. The molecule has 112 valence electrons. The topological polar surface area (TPSA) is 46.6 Å². The molecule has 0 unspecified atom stereocenters. The van der Waals surface area contributed by atoms with Gasteiger partial charge in [-0.1, -0.05) is 18.2 Å². The van der Waals surface area contributed by atoms with Crippen molar-refractivity contribution in [2.24, 2.45) is 0 Å². The molecule has 1 aliphatic heterocycles. The smallest absolute Gasteiger partial charge is 0.252 e. The van der Waals surface area contributed by atoms with E-state index in [1.165, 1.54) is 15.6 Å². The van der Waals surface area contributed by atoms with E-state index in [0.717, 1.165) is 16.2 Å². The number of hydrogen-bond acceptors (Lipinski definition) is 4. The highest BCUT2D eigenvalue weighted by atomic mass is 35.5. The fourth-order valence-electron chi connectivity index (χ4n) is 2.20. The second-order valence-corrected chi connectivity index (χ2v) is 8.25. The Morgan fingerprint density at radius 1 is 1.24 bits per heavy atom. The van der Waals surface area contributed by atoms with Crippen molar-refractivity contribution < 1.29 is 13.2 Å². The number of thiophene rings is 1. The zero-order valence-corrected chi connectivity index (χ0v) is 13.5. The first-order chi connectivity index (χ1) is 10.1. The zero-order valence-electron chi connectivity index (χ0n) is 11.2. The minimum absolute atomic E-state index is 0.326. The van der Waals surface area contributed by atoms with Crippen molar-refractivity contribution in [2.45, 2.75) is 16.6 Å². The fraction of sp³-hybridized carbons (Fsp3) is 0.286. The lowest BCUT2D eigenvalue weighted by atomic mass is 10.2. The lowest BCUT2D eigenvalue weighted by molar-refractivity contribution is 0.293. The average Bonchev–Trinajstić information content (AvgIpc) is 2.87. The Morgan fingerprint density at radius 2 is 2.05 bits per heavy atom. The Kier molecular flexibility index (Phi) is 4.21. The van der Waals surface area contributed by atoms with Gasteiger partial charge in [0.1, 0.15) is 16.6 Å². The van der Waals surface area contributed by atoms with Gasteiger partial charge < -0.3 is 4.74 Å². The van der Waals surface area contributed by atoms with Crippen LogP contribution in [0.4, 0.5) is 0 Å². The van der Waals surface area contributed by atoms with Crippen LogP contribution in [0, 0.1) is 0 Å². The van der Waals surface area contributed by atoms with Crippen LogP contribution in [0.5, 0.6) is 5.75 Å². The first kappa shape index (κ1) is 14.8. The number of fused-ring (bicyclic) bond motifs is 1. The molecule has 2 aromatic rings. The van der Waals surface area contributed by atoms with E-state index in [0.29, 0.717) is 29.8 Å². The molecule has 7 heteroatoms. The number of alkyl halides is 1. The third-order valence-electron chi connectivity index (χ3n) is 3.28. The molecule has 0 atom stereocenters. The predicted molar refractivity (Wildman–Crippen MR) is 83.4 cm³/mol. The number of benzene rings is 1. The summed E-state index contributed by atoms with van der Waals surface area (Å²) in [5.41, 5.74) is 0.882. The number of para-hydroxylation sites is 1. The van der Waals surface area contributed by atoms with Crippen LogP contribution in [-0.4, -0.2) is 25.9 Å². The van der Waals surface area contributed by atoms with Gasteiger partial charge in [0, 0.05) is 23.5 Å². The van der Waals surface area contributed by atoms with Gasteiger partial charge in [-0.05, 0) is 18.2 Å². The summed E-state index contributed by atoms with van der Waals surface area (Å²) in [6.07, 6.45) is 0. The van der Waals surface area contributed by atoms with Gasteiger partial charge in [0.2, 0.25) is 0 Å². The Labute approximate surface area is 133 Å². The number of rotatable bonds is 3. The third-order valence-corrected chi connectivity index (χ3v) is 7.12. The van der Waals surface area contributed by atoms with Crippen molar-refractivity contribution in [1.82, 2.24) is 4.31 Å².